The average molecular weight is 236 g/mol. The molecule has 4 heteroatoms. The first-order chi connectivity index (χ1) is 8.29. The standard InChI is InChI=1S/C13H16O4/c1-2-7-15-13(14)6-4-10-3-5-11-12(8-10)17-9-16-11/h3,5,8H,2,4,6-7,9H2,1H3. The maximum Gasteiger partial charge on any atom is 0.306 e. The molecule has 2 rings (SSSR count). The third-order valence-corrected chi connectivity index (χ3v) is 2.52. The molecule has 0 unspecified atom stereocenters. The molecule has 1 aromatic rings. The molecule has 1 aliphatic rings. The lowest BCUT2D eigenvalue weighted by Crippen LogP contribution is -2.06. The number of rotatable bonds is 5. The molecule has 1 aliphatic heterocycles. The maximum atomic E-state index is 11.3. The highest BCUT2D eigenvalue weighted by Gasteiger charge is 2.13. The Bertz CT molecular complexity index is 400. The molecule has 0 spiro atoms. The fourth-order valence-electron chi connectivity index (χ4n) is 1.63. The minimum absolute atomic E-state index is 0.149. The molecular weight excluding hydrogens is 220 g/mol. The third kappa shape index (κ3) is 3.12. The Balaban J connectivity index is 1.85. The summed E-state index contributed by atoms with van der Waals surface area (Å²) in [5.74, 6) is 1.37. The van der Waals surface area contributed by atoms with Crippen molar-refractivity contribution in [3.05, 3.63) is 23.8 Å². The predicted molar refractivity (Wildman–Crippen MR) is 62.1 cm³/mol. The van der Waals surface area contributed by atoms with Crippen LogP contribution in [-0.2, 0) is 16.0 Å². The lowest BCUT2D eigenvalue weighted by Gasteiger charge is -2.04. The second kappa shape index (κ2) is 5.57. The van der Waals surface area contributed by atoms with Crippen molar-refractivity contribution in [1.29, 1.82) is 0 Å². The van der Waals surface area contributed by atoms with E-state index in [2.05, 4.69) is 0 Å². The second-order valence-corrected chi connectivity index (χ2v) is 3.91. The van der Waals surface area contributed by atoms with Gasteiger partial charge in [-0.2, -0.15) is 0 Å². The molecule has 0 saturated carbocycles. The van der Waals surface area contributed by atoms with Crippen LogP contribution in [0.15, 0.2) is 18.2 Å². The fourth-order valence-corrected chi connectivity index (χ4v) is 1.63. The van der Waals surface area contributed by atoms with Gasteiger partial charge in [0.25, 0.3) is 0 Å². The van der Waals surface area contributed by atoms with E-state index < -0.39 is 0 Å². The van der Waals surface area contributed by atoms with Crippen molar-refractivity contribution in [2.45, 2.75) is 26.2 Å². The molecule has 0 aromatic heterocycles. The average Bonchev–Trinajstić information content (AvgIpc) is 2.81. The van der Waals surface area contributed by atoms with Gasteiger partial charge in [-0.15, -0.1) is 0 Å². The topological polar surface area (TPSA) is 44.8 Å². The quantitative estimate of drug-likeness (QED) is 0.736. The van der Waals surface area contributed by atoms with Gasteiger partial charge in [0, 0.05) is 6.42 Å². The number of hydrogen-bond donors (Lipinski definition) is 0. The van der Waals surface area contributed by atoms with E-state index >= 15 is 0 Å². The Kier molecular flexibility index (Phi) is 3.85. The highest BCUT2D eigenvalue weighted by Crippen LogP contribution is 2.32. The van der Waals surface area contributed by atoms with Gasteiger partial charge in [-0.25, -0.2) is 0 Å². The summed E-state index contributed by atoms with van der Waals surface area (Å²) in [6.07, 6.45) is 1.93. The van der Waals surface area contributed by atoms with Crippen LogP contribution in [0.4, 0.5) is 0 Å². The van der Waals surface area contributed by atoms with Crippen molar-refractivity contribution in [3.8, 4) is 11.5 Å². The smallest absolute Gasteiger partial charge is 0.306 e. The number of ether oxygens (including phenoxy) is 3. The van der Waals surface area contributed by atoms with Gasteiger partial charge in [-0.3, -0.25) is 4.79 Å². The van der Waals surface area contributed by atoms with Crippen LogP contribution in [0.1, 0.15) is 25.3 Å². The Labute approximate surface area is 100 Å². The van der Waals surface area contributed by atoms with Crippen molar-refractivity contribution in [3.63, 3.8) is 0 Å². The zero-order valence-electron chi connectivity index (χ0n) is 9.90. The summed E-state index contributed by atoms with van der Waals surface area (Å²) < 4.78 is 15.5. The molecule has 17 heavy (non-hydrogen) atoms. The lowest BCUT2D eigenvalue weighted by molar-refractivity contribution is -0.143. The van der Waals surface area contributed by atoms with Gasteiger partial charge in [-0.1, -0.05) is 13.0 Å². The molecule has 92 valence electrons. The SMILES string of the molecule is CCCOC(=O)CCc1ccc2c(c1)OCO2. The lowest BCUT2D eigenvalue weighted by atomic mass is 10.1. The summed E-state index contributed by atoms with van der Waals surface area (Å²) in [5.41, 5.74) is 1.06. The molecule has 0 atom stereocenters. The summed E-state index contributed by atoms with van der Waals surface area (Å²) in [6.45, 7) is 2.75. The van der Waals surface area contributed by atoms with E-state index in [0.717, 1.165) is 23.5 Å². The van der Waals surface area contributed by atoms with E-state index in [1.807, 2.05) is 25.1 Å². The van der Waals surface area contributed by atoms with Crippen LogP contribution in [0.25, 0.3) is 0 Å². The Morgan fingerprint density at radius 2 is 2.18 bits per heavy atom. The van der Waals surface area contributed by atoms with E-state index in [-0.39, 0.29) is 12.8 Å². The normalized spacial score (nSPS) is 12.5. The molecule has 0 bridgehead atoms. The van der Waals surface area contributed by atoms with Crippen molar-refractivity contribution >= 4 is 5.97 Å². The second-order valence-electron chi connectivity index (χ2n) is 3.91. The number of fused-ring (bicyclic) bond motifs is 1. The minimum Gasteiger partial charge on any atom is -0.466 e. The summed E-state index contributed by atoms with van der Waals surface area (Å²) in [4.78, 5) is 11.3. The van der Waals surface area contributed by atoms with E-state index in [9.17, 15) is 4.79 Å². The molecule has 0 amide bonds. The molecule has 0 N–H and O–H groups in total. The number of carbonyl (C=O) groups excluding carboxylic acids is 1. The Morgan fingerprint density at radius 1 is 1.35 bits per heavy atom. The molecule has 4 nitrogen and oxygen atoms in total. The molecule has 1 aromatic carbocycles. The van der Waals surface area contributed by atoms with Crippen molar-refractivity contribution < 1.29 is 19.0 Å². The largest absolute Gasteiger partial charge is 0.466 e. The van der Waals surface area contributed by atoms with Gasteiger partial charge in [-0.05, 0) is 30.5 Å². The zero-order chi connectivity index (χ0) is 12.1. The summed E-state index contributed by atoms with van der Waals surface area (Å²) in [6, 6.07) is 5.73. The molecule has 0 radical (unpaired) electrons. The van der Waals surface area contributed by atoms with Crippen LogP contribution in [0, 0.1) is 0 Å². The minimum atomic E-state index is -0.149. The van der Waals surface area contributed by atoms with E-state index in [4.69, 9.17) is 14.2 Å². The van der Waals surface area contributed by atoms with Gasteiger partial charge in [0.05, 0.1) is 6.61 Å². The van der Waals surface area contributed by atoms with Crippen LogP contribution >= 0.6 is 0 Å². The fraction of sp³-hybridized carbons (Fsp3) is 0.462. The van der Waals surface area contributed by atoms with Gasteiger partial charge in [0.2, 0.25) is 6.79 Å². The number of hydrogen-bond acceptors (Lipinski definition) is 4. The van der Waals surface area contributed by atoms with Crippen molar-refractivity contribution in [2.75, 3.05) is 13.4 Å². The van der Waals surface area contributed by atoms with Crippen molar-refractivity contribution in [2.24, 2.45) is 0 Å². The van der Waals surface area contributed by atoms with Crippen LogP contribution in [0.5, 0.6) is 11.5 Å². The molecule has 0 saturated heterocycles. The first kappa shape index (κ1) is 11.8. The van der Waals surface area contributed by atoms with Gasteiger partial charge in [0.15, 0.2) is 11.5 Å². The van der Waals surface area contributed by atoms with Crippen LogP contribution in [0.2, 0.25) is 0 Å². The van der Waals surface area contributed by atoms with E-state index in [1.54, 1.807) is 0 Å². The third-order valence-electron chi connectivity index (χ3n) is 2.52. The van der Waals surface area contributed by atoms with Crippen molar-refractivity contribution in [1.82, 2.24) is 0 Å². The first-order valence-corrected chi connectivity index (χ1v) is 5.83. The Morgan fingerprint density at radius 3 is 3.00 bits per heavy atom. The van der Waals surface area contributed by atoms with Gasteiger partial charge < -0.3 is 14.2 Å². The monoisotopic (exact) mass is 236 g/mol. The molecule has 0 fully saturated rings. The summed E-state index contributed by atoms with van der Waals surface area (Å²) >= 11 is 0. The predicted octanol–water partition coefficient (Wildman–Crippen LogP) is 2.30. The molecule has 0 aliphatic carbocycles. The summed E-state index contributed by atoms with van der Waals surface area (Å²) in [5, 5.41) is 0. The van der Waals surface area contributed by atoms with Crippen LogP contribution in [0.3, 0.4) is 0 Å². The number of esters is 1. The molecular formula is C13H16O4. The number of carbonyl (C=O) groups is 1. The van der Waals surface area contributed by atoms with Crippen LogP contribution in [-0.4, -0.2) is 19.4 Å². The van der Waals surface area contributed by atoms with Gasteiger partial charge in [0.1, 0.15) is 0 Å². The number of benzene rings is 1. The van der Waals surface area contributed by atoms with E-state index in [0.29, 0.717) is 19.4 Å². The van der Waals surface area contributed by atoms with E-state index in [1.165, 1.54) is 0 Å². The maximum absolute atomic E-state index is 11.3. The Hall–Kier alpha value is -1.71. The van der Waals surface area contributed by atoms with Gasteiger partial charge >= 0.3 is 5.97 Å². The first-order valence-electron chi connectivity index (χ1n) is 5.83. The highest BCUT2D eigenvalue weighted by molar-refractivity contribution is 5.69. The summed E-state index contributed by atoms with van der Waals surface area (Å²) in [7, 11) is 0. The highest BCUT2D eigenvalue weighted by atomic mass is 16.7. The molecule has 1 heterocycles. The van der Waals surface area contributed by atoms with Crippen LogP contribution < -0.4 is 9.47 Å². The zero-order valence-corrected chi connectivity index (χ0v) is 9.90. The number of aryl methyl sites for hydroxylation is 1.